The van der Waals surface area contributed by atoms with Crippen LogP contribution in [0.3, 0.4) is 0 Å². The zero-order valence-corrected chi connectivity index (χ0v) is 10.9. The molecule has 0 spiro atoms. The fourth-order valence-corrected chi connectivity index (χ4v) is 2.19. The highest BCUT2D eigenvalue weighted by Gasteiger charge is 2.18. The van der Waals surface area contributed by atoms with Gasteiger partial charge in [-0.15, -0.1) is 5.10 Å². The third-order valence-electron chi connectivity index (χ3n) is 3.45. The van der Waals surface area contributed by atoms with E-state index in [1.165, 1.54) is 25.8 Å². The average molecular weight is 237 g/mol. The first-order valence-corrected chi connectivity index (χ1v) is 6.50. The lowest BCUT2D eigenvalue weighted by Crippen LogP contribution is -2.31. The smallest absolute Gasteiger partial charge is 0.0964 e. The van der Waals surface area contributed by atoms with Gasteiger partial charge < -0.3 is 10.2 Å². The van der Waals surface area contributed by atoms with Gasteiger partial charge in [0.15, 0.2) is 0 Å². The van der Waals surface area contributed by atoms with E-state index in [4.69, 9.17) is 0 Å². The summed E-state index contributed by atoms with van der Waals surface area (Å²) < 4.78 is 1.93. The van der Waals surface area contributed by atoms with Crippen molar-refractivity contribution in [2.45, 2.75) is 32.4 Å². The number of nitrogens with one attached hydrogen (secondary N) is 1. The van der Waals surface area contributed by atoms with Gasteiger partial charge in [0.05, 0.1) is 12.2 Å². The lowest BCUT2D eigenvalue weighted by molar-refractivity contribution is 0.199. The Morgan fingerprint density at radius 1 is 1.53 bits per heavy atom. The molecule has 2 rings (SSSR count). The van der Waals surface area contributed by atoms with Crippen molar-refractivity contribution in [3.63, 3.8) is 0 Å². The van der Waals surface area contributed by atoms with Crippen molar-refractivity contribution in [3.05, 3.63) is 11.9 Å². The van der Waals surface area contributed by atoms with E-state index in [2.05, 4.69) is 27.6 Å². The van der Waals surface area contributed by atoms with E-state index in [0.717, 1.165) is 31.2 Å². The molecule has 5 nitrogen and oxygen atoms in total. The van der Waals surface area contributed by atoms with E-state index in [9.17, 15) is 0 Å². The van der Waals surface area contributed by atoms with Crippen LogP contribution in [-0.4, -0.2) is 47.1 Å². The number of nitrogens with zero attached hydrogens (tertiary/aromatic N) is 4. The lowest BCUT2D eigenvalue weighted by atomic mass is 9.85. The summed E-state index contributed by atoms with van der Waals surface area (Å²) in [4.78, 5) is 2.41. The van der Waals surface area contributed by atoms with Crippen molar-refractivity contribution in [1.29, 1.82) is 0 Å². The molecule has 1 fully saturated rings. The number of hydrogen-bond acceptors (Lipinski definition) is 4. The van der Waals surface area contributed by atoms with Crippen molar-refractivity contribution < 1.29 is 0 Å². The largest absolute Gasteiger partial charge is 0.314 e. The van der Waals surface area contributed by atoms with Crippen LogP contribution in [0.5, 0.6) is 0 Å². The standard InChI is InChI=1S/C12H23N5/c1-13-8-12-10-17(15-14-12)7-6-16(2)9-11-4-3-5-11/h10-11,13H,3-9H2,1-2H3. The third-order valence-corrected chi connectivity index (χ3v) is 3.45. The van der Waals surface area contributed by atoms with Crippen LogP contribution in [-0.2, 0) is 13.1 Å². The molecule has 1 aromatic rings. The molecule has 1 heterocycles. The fraction of sp³-hybridized carbons (Fsp3) is 0.833. The minimum absolute atomic E-state index is 0.790. The molecule has 0 bridgehead atoms. The van der Waals surface area contributed by atoms with Crippen molar-refractivity contribution >= 4 is 0 Å². The van der Waals surface area contributed by atoms with Gasteiger partial charge in [-0.05, 0) is 32.9 Å². The van der Waals surface area contributed by atoms with Crippen molar-refractivity contribution in [3.8, 4) is 0 Å². The molecule has 96 valence electrons. The first-order valence-electron chi connectivity index (χ1n) is 6.50. The van der Waals surface area contributed by atoms with E-state index in [-0.39, 0.29) is 0 Å². The number of aromatic nitrogens is 3. The van der Waals surface area contributed by atoms with E-state index in [0.29, 0.717) is 0 Å². The zero-order chi connectivity index (χ0) is 12.1. The molecule has 0 aromatic carbocycles. The Labute approximate surface area is 103 Å². The molecular weight excluding hydrogens is 214 g/mol. The molecule has 0 atom stereocenters. The summed E-state index contributed by atoms with van der Waals surface area (Å²) in [5.41, 5.74) is 1.01. The Bertz CT molecular complexity index is 331. The molecule has 0 radical (unpaired) electrons. The molecule has 1 N–H and O–H groups in total. The summed E-state index contributed by atoms with van der Waals surface area (Å²) in [7, 11) is 4.12. The van der Waals surface area contributed by atoms with Gasteiger partial charge in [-0.1, -0.05) is 11.6 Å². The Balaban J connectivity index is 1.68. The lowest BCUT2D eigenvalue weighted by Gasteiger charge is -2.29. The summed E-state index contributed by atoms with van der Waals surface area (Å²) in [5, 5.41) is 11.3. The summed E-state index contributed by atoms with van der Waals surface area (Å²) >= 11 is 0. The number of hydrogen-bond donors (Lipinski definition) is 1. The van der Waals surface area contributed by atoms with Crippen LogP contribution in [0, 0.1) is 5.92 Å². The quantitative estimate of drug-likeness (QED) is 0.759. The maximum absolute atomic E-state index is 4.12. The molecule has 17 heavy (non-hydrogen) atoms. The van der Waals surface area contributed by atoms with Crippen molar-refractivity contribution in [2.75, 3.05) is 27.2 Å². The normalized spacial score (nSPS) is 16.4. The van der Waals surface area contributed by atoms with Crippen LogP contribution >= 0.6 is 0 Å². The summed E-state index contributed by atoms with van der Waals surface area (Å²) in [6.07, 6.45) is 6.28. The molecule has 0 aliphatic heterocycles. The highest BCUT2D eigenvalue weighted by atomic mass is 15.4. The van der Waals surface area contributed by atoms with Crippen LogP contribution in [0.1, 0.15) is 25.0 Å². The number of likely N-dealkylation sites (N-methyl/N-ethyl adjacent to an activating group) is 1. The van der Waals surface area contributed by atoms with Gasteiger partial charge in [-0.3, -0.25) is 4.68 Å². The van der Waals surface area contributed by atoms with Gasteiger partial charge >= 0.3 is 0 Å². The molecule has 1 aliphatic rings. The maximum atomic E-state index is 4.12. The van der Waals surface area contributed by atoms with Crippen LogP contribution in [0.25, 0.3) is 0 Å². The third kappa shape index (κ3) is 3.78. The van der Waals surface area contributed by atoms with Crippen LogP contribution in [0.2, 0.25) is 0 Å². The second-order valence-electron chi connectivity index (χ2n) is 5.06. The Kier molecular flexibility index (Phi) is 4.50. The van der Waals surface area contributed by atoms with Gasteiger partial charge in [0.25, 0.3) is 0 Å². The minimum Gasteiger partial charge on any atom is -0.314 e. The molecule has 1 aromatic heterocycles. The molecule has 1 aliphatic carbocycles. The molecule has 0 unspecified atom stereocenters. The Morgan fingerprint density at radius 3 is 3.00 bits per heavy atom. The van der Waals surface area contributed by atoms with Crippen LogP contribution in [0.15, 0.2) is 6.20 Å². The summed E-state index contributed by atoms with van der Waals surface area (Å²) in [6.45, 7) is 4.01. The van der Waals surface area contributed by atoms with E-state index >= 15 is 0 Å². The highest BCUT2D eigenvalue weighted by Crippen LogP contribution is 2.26. The second-order valence-corrected chi connectivity index (χ2v) is 5.06. The van der Waals surface area contributed by atoms with Crippen molar-refractivity contribution in [1.82, 2.24) is 25.2 Å². The Hall–Kier alpha value is -0.940. The van der Waals surface area contributed by atoms with Crippen molar-refractivity contribution in [2.24, 2.45) is 5.92 Å². The first kappa shape index (κ1) is 12.5. The molecule has 1 saturated carbocycles. The van der Waals surface area contributed by atoms with Gasteiger partial charge in [0, 0.05) is 25.8 Å². The predicted molar refractivity (Wildman–Crippen MR) is 67.6 cm³/mol. The SMILES string of the molecule is CNCc1cn(CCN(C)CC2CCC2)nn1. The minimum atomic E-state index is 0.790. The van der Waals surface area contributed by atoms with E-state index in [1.807, 2.05) is 17.9 Å². The van der Waals surface area contributed by atoms with Gasteiger partial charge in [0.2, 0.25) is 0 Å². The highest BCUT2D eigenvalue weighted by molar-refractivity contribution is 4.91. The summed E-state index contributed by atoms with van der Waals surface area (Å²) in [6, 6.07) is 0. The first-order chi connectivity index (χ1) is 8.28. The van der Waals surface area contributed by atoms with Gasteiger partial charge in [-0.2, -0.15) is 0 Å². The predicted octanol–water partition coefficient (Wildman–Crippen LogP) is 0.729. The fourth-order valence-electron chi connectivity index (χ4n) is 2.19. The van der Waals surface area contributed by atoms with E-state index < -0.39 is 0 Å². The molecule has 0 amide bonds. The molecule has 5 heteroatoms. The van der Waals surface area contributed by atoms with Crippen LogP contribution < -0.4 is 5.32 Å². The van der Waals surface area contributed by atoms with Gasteiger partial charge in [0.1, 0.15) is 0 Å². The Morgan fingerprint density at radius 2 is 2.35 bits per heavy atom. The molecule has 0 saturated heterocycles. The maximum Gasteiger partial charge on any atom is 0.0964 e. The zero-order valence-electron chi connectivity index (χ0n) is 10.9. The molecular formula is C12H23N5. The van der Waals surface area contributed by atoms with Crippen LogP contribution in [0.4, 0.5) is 0 Å². The van der Waals surface area contributed by atoms with E-state index in [1.54, 1.807) is 0 Å². The number of rotatable bonds is 7. The topological polar surface area (TPSA) is 46.0 Å². The summed E-state index contributed by atoms with van der Waals surface area (Å²) in [5.74, 6) is 0.940. The average Bonchev–Trinajstić information content (AvgIpc) is 2.69. The monoisotopic (exact) mass is 237 g/mol. The second kappa shape index (κ2) is 6.12. The van der Waals surface area contributed by atoms with Gasteiger partial charge in [-0.25, -0.2) is 0 Å².